The molecule has 0 amide bonds. The minimum atomic E-state index is 0.306. The molecule has 3 heteroatoms. The van der Waals surface area contributed by atoms with Crippen molar-refractivity contribution in [3.63, 3.8) is 0 Å². The first-order valence-corrected chi connectivity index (χ1v) is 4.58. The van der Waals surface area contributed by atoms with E-state index in [1.807, 2.05) is 18.2 Å². The number of rotatable bonds is 3. The lowest BCUT2D eigenvalue weighted by atomic mass is 10.1. The van der Waals surface area contributed by atoms with E-state index >= 15 is 0 Å². The molecule has 2 rings (SSSR count). The summed E-state index contributed by atoms with van der Waals surface area (Å²) in [7, 11) is 0. The molecule has 0 bridgehead atoms. The largest absolute Gasteiger partial charge is 0.392 e. The minimum absolute atomic E-state index is 0.306. The van der Waals surface area contributed by atoms with Gasteiger partial charge in [0.05, 0.1) is 17.8 Å². The third-order valence-corrected chi connectivity index (χ3v) is 2.01. The Bertz CT molecular complexity index is 389. The van der Waals surface area contributed by atoms with Crippen molar-refractivity contribution >= 4 is 6.21 Å². The third kappa shape index (κ3) is 2.11. The van der Waals surface area contributed by atoms with Crippen LogP contribution in [-0.2, 0) is 4.84 Å². The molecule has 0 radical (unpaired) electrons. The maximum atomic E-state index is 8.79. The van der Waals surface area contributed by atoms with Gasteiger partial charge in [-0.1, -0.05) is 23.4 Å². The van der Waals surface area contributed by atoms with Crippen LogP contribution in [-0.4, -0.2) is 12.3 Å². The Labute approximate surface area is 82.6 Å². The normalized spacial score (nSPS) is 15.4. The fourth-order valence-electron chi connectivity index (χ4n) is 1.06. The van der Waals surface area contributed by atoms with Gasteiger partial charge in [0.2, 0.25) is 0 Å². The Morgan fingerprint density at radius 2 is 2.21 bits per heavy atom. The molecule has 0 saturated heterocycles. The van der Waals surface area contributed by atoms with Crippen LogP contribution >= 0.6 is 0 Å². The van der Waals surface area contributed by atoms with Crippen LogP contribution in [0.5, 0.6) is 0 Å². The van der Waals surface area contributed by atoms with Crippen molar-refractivity contribution in [2.45, 2.75) is 18.9 Å². The highest BCUT2D eigenvalue weighted by atomic mass is 16.6. The fraction of sp³-hybridized carbons (Fsp3) is 0.273. The maximum absolute atomic E-state index is 8.79. The van der Waals surface area contributed by atoms with E-state index in [1.165, 1.54) is 0 Å². The lowest BCUT2D eigenvalue weighted by Crippen LogP contribution is -1.89. The highest BCUT2D eigenvalue weighted by Crippen LogP contribution is 2.23. The van der Waals surface area contributed by atoms with Crippen molar-refractivity contribution in [2.24, 2.45) is 5.16 Å². The molecule has 3 nitrogen and oxygen atoms in total. The average molecular weight is 186 g/mol. The topological polar surface area (TPSA) is 45.4 Å². The van der Waals surface area contributed by atoms with E-state index < -0.39 is 0 Å². The second-order valence-corrected chi connectivity index (χ2v) is 3.24. The molecule has 1 aromatic rings. The lowest BCUT2D eigenvalue weighted by molar-refractivity contribution is 0.131. The van der Waals surface area contributed by atoms with Gasteiger partial charge in [-0.2, -0.15) is 5.26 Å². The molecule has 0 heterocycles. The van der Waals surface area contributed by atoms with Crippen LogP contribution in [0.4, 0.5) is 0 Å². The highest BCUT2D eigenvalue weighted by Gasteiger charge is 2.23. The van der Waals surface area contributed by atoms with Crippen LogP contribution < -0.4 is 0 Å². The van der Waals surface area contributed by atoms with Crippen LogP contribution in [0.25, 0.3) is 0 Å². The smallest absolute Gasteiger partial charge is 0.127 e. The zero-order chi connectivity index (χ0) is 9.80. The number of hydrogen-bond donors (Lipinski definition) is 0. The molecule has 0 aromatic heterocycles. The Kier molecular flexibility index (Phi) is 2.46. The van der Waals surface area contributed by atoms with Crippen LogP contribution in [0.15, 0.2) is 29.4 Å². The summed E-state index contributed by atoms with van der Waals surface area (Å²) in [5.74, 6) is 0. The second-order valence-electron chi connectivity index (χ2n) is 3.24. The number of oxime groups is 1. The summed E-state index contributed by atoms with van der Waals surface area (Å²) in [6, 6.07) is 9.42. The Balaban J connectivity index is 2.07. The first-order valence-electron chi connectivity index (χ1n) is 4.58. The first kappa shape index (κ1) is 8.76. The first-order chi connectivity index (χ1) is 6.90. The molecule has 14 heavy (non-hydrogen) atoms. The van der Waals surface area contributed by atoms with Crippen LogP contribution in [0.1, 0.15) is 24.0 Å². The highest BCUT2D eigenvalue weighted by molar-refractivity contribution is 5.82. The summed E-state index contributed by atoms with van der Waals surface area (Å²) >= 11 is 0. The molecule has 0 spiro atoms. The van der Waals surface area contributed by atoms with E-state index in [0.29, 0.717) is 11.7 Å². The van der Waals surface area contributed by atoms with Gasteiger partial charge in [0.25, 0.3) is 0 Å². The van der Waals surface area contributed by atoms with Crippen molar-refractivity contribution in [1.29, 1.82) is 5.26 Å². The van der Waals surface area contributed by atoms with Gasteiger partial charge in [-0.15, -0.1) is 0 Å². The second kappa shape index (κ2) is 3.93. The average Bonchev–Trinajstić information content (AvgIpc) is 3.03. The molecule has 0 unspecified atom stereocenters. The molecule has 0 N–H and O–H groups in total. The molecular formula is C11H10N2O. The summed E-state index contributed by atoms with van der Waals surface area (Å²) in [6.45, 7) is 0. The molecule has 1 fully saturated rings. The predicted molar refractivity (Wildman–Crippen MR) is 52.9 cm³/mol. The fourth-order valence-corrected chi connectivity index (χ4v) is 1.06. The molecule has 70 valence electrons. The molecule has 1 aromatic carbocycles. The van der Waals surface area contributed by atoms with Crippen LogP contribution in [0.3, 0.4) is 0 Å². The van der Waals surface area contributed by atoms with E-state index in [2.05, 4.69) is 11.2 Å². The molecule has 0 aliphatic heterocycles. The Morgan fingerprint density at radius 1 is 1.43 bits per heavy atom. The van der Waals surface area contributed by atoms with Gasteiger partial charge < -0.3 is 4.84 Å². The minimum Gasteiger partial charge on any atom is -0.392 e. The summed E-state index contributed by atoms with van der Waals surface area (Å²) in [4.78, 5) is 5.12. The van der Waals surface area contributed by atoms with Gasteiger partial charge in [-0.25, -0.2) is 0 Å². The van der Waals surface area contributed by atoms with E-state index in [0.717, 1.165) is 18.4 Å². The van der Waals surface area contributed by atoms with E-state index in [1.54, 1.807) is 12.3 Å². The van der Waals surface area contributed by atoms with Crippen molar-refractivity contribution in [1.82, 2.24) is 0 Å². The zero-order valence-electron chi connectivity index (χ0n) is 7.68. The Hall–Kier alpha value is -1.82. The van der Waals surface area contributed by atoms with Gasteiger partial charge in [0.1, 0.15) is 6.10 Å². The van der Waals surface area contributed by atoms with E-state index in [4.69, 9.17) is 10.1 Å². The number of hydrogen-bond acceptors (Lipinski definition) is 3. The molecule has 1 saturated carbocycles. The van der Waals surface area contributed by atoms with Gasteiger partial charge >= 0.3 is 0 Å². The monoisotopic (exact) mass is 186 g/mol. The zero-order valence-corrected chi connectivity index (χ0v) is 7.68. The predicted octanol–water partition coefficient (Wildman–Crippen LogP) is 2.07. The van der Waals surface area contributed by atoms with Crippen LogP contribution in [0, 0.1) is 11.3 Å². The quantitative estimate of drug-likeness (QED) is 0.535. The lowest BCUT2D eigenvalue weighted by Gasteiger charge is -1.96. The number of nitrogens with zero attached hydrogens (tertiary/aromatic N) is 2. The van der Waals surface area contributed by atoms with Crippen molar-refractivity contribution in [2.75, 3.05) is 0 Å². The van der Waals surface area contributed by atoms with Crippen LogP contribution in [0.2, 0.25) is 0 Å². The van der Waals surface area contributed by atoms with Crippen molar-refractivity contribution < 1.29 is 4.84 Å². The third-order valence-electron chi connectivity index (χ3n) is 2.01. The summed E-state index contributed by atoms with van der Waals surface area (Å²) in [5, 5.41) is 12.6. The standard InChI is InChI=1S/C11H10N2O/c12-7-9-3-1-2-4-10(9)8-13-14-11-5-6-11/h1-4,8,11H,5-6H2. The van der Waals surface area contributed by atoms with Crippen molar-refractivity contribution in [3.8, 4) is 6.07 Å². The Morgan fingerprint density at radius 3 is 2.93 bits per heavy atom. The van der Waals surface area contributed by atoms with Crippen molar-refractivity contribution in [3.05, 3.63) is 35.4 Å². The summed E-state index contributed by atoms with van der Waals surface area (Å²) in [6.07, 6.45) is 4.09. The molecular weight excluding hydrogens is 176 g/mol. The van der Waals surface area contributed by atoms with Gasteiger partial charge in [0.15, 0.2) is 0 Å². The van der Waals surface area contributed by atoms with E-state index in [9.17, 15) is 0 Å². The molecule has 1 aliphatic rings. The number of benzene rings is 1. The maximum Gasteiger partial charge on any atom is 0.127 e. The summed E-state index contributed by atoms with van der Waals surface area (Å²) < 4.78 is 0. The SMILES string of the molecule is N#Cc1ccccc1C=NOC1CC1. The molecule has 0 atom stereocenters. The number of nitriles is 1. The van der Waals surface area contributed by atoms with E-state index in [-0.39, 0.29) is 0 Å². The van der Waals surface area contributed by atoms with Gasteiger partial charge in [0, 0.05) is 5.56 Å². The van der Waals surface area contributed by atoms with Gasteiger partial charge in [-0.3, -0.25) is 0 Å². The van der Waals surface area contributed by atoms with Gasteiger partial charge in [-0.05, 0) is 18.9 Å². The molecule has 1 aliphatic carbocycles. The summed E-state index contributed by atoms with van der Waals surface area (Å²) in [5.41, 5.74) is 1.42.